The number of aliphatic hydroxyl groups is 1. The smallest absolute Gasteiger partial charge is 0.392 e. The van der Waals surface area contributed by atoms with Gasteiger partial charge in [0.15, 0.2) is 0 Å². The lowest BCUT2D eigenvalue weighted by Gasteiger charge is -2.12. The van der Waals surface area contributed by atoms with Crippen molar-refractivity contribution in [2.24, 2.45) is 0 Å². The van der Waals surface area contributed by atoms with Crippen LogP contribution in [0.3, 0.4) is 0 Å². The second-order valence-corrected chi connectivity index (χ2v) is 4.31. The van der Waals surface area contributed by atoms with E-state index < -0.39 is 35.6 Å². The molecular formula is C14H10F4N2O2. The first kappa shape index (κ1) is 15.9. The quantitative estimate of drug-likeness (QED) is 0.856. The van der Waals surface area contributed by atoms with Crippen LogP contribution in [-0.4, -0.2) is 16.0 Å². The molecule has 0 radical (unpaired) electrons. The zero-order valence-electron chi connectivity index (χ0n) is 11.0. The molecule has 0 unspecified atom stereocenters. The van der Waals surface area contributed by atoms with Gasteiger partial charge in [0.2, 0.25) is 0 Å². The van der Waals surface area contributed by atoms with Crippen molar-refractivity contribution in [2.75, 3.05) is 5.32 Å². The monoisotopic (exact) mass is 314 g/mol. The molecule has 0 bridgehead atoms. The Kier molecular flexibility index (Phi) is 4.41. The van der Waals surface area contributed by atoms with Crippen LogP contribution in [-0.2, 0) is 12.8 Å². The summed E-state index contributed by atoms with van der Waals surface area (Å²) in [6.45, 7) is -0.413. The lowest BCUT2D eigenvalue weighted by Crippen LogP contribution is -2.18. The van der Waals surface area contributed by atoms with E-state index in [2.05, 4.69) is 10.3 Å². The fourth-order valence-electron chi connectivity index (χ4n) is 1.79. The highest BCUT2D eigenvalue weighted by atomic mass is 19.4. The number of benzene rings is 1. The van der Waals surface area contributed by atoms with E-state index in [0.29, 0.717) is 11.6 Å². The third-order valence-corrected chi connectivity index (χ3v) is 2.88. The number of hydrogen-bond donors (Lipinski definition) is 2. The van der Waals surface area contributed by atoms with E-state index in [9.17, 15) is 22.4 Å². The van der Waals surface area contributed by atoms with Gasteiger partial charge in [0.25, 0.3) is 5.91 Å². The first-order valence-electron chi connectivity index (χ1n) is 6.05. The minimum Gasteiger partial charge on any atom is -0.392 e. The number of halogens is 4. The Morgan fingerprint density at radius 2 is 2.00 bits per heavy atom. The maximum Gasteiger partial charge on any atom is 0.419 e. The number of pyridine rings is 1. The number of anilines is 1. The van der Waals surface area contributed by atoms with Crippen LogP contribution < -0.4 is 5.32 Å². The van der Waals surface area contributed by atoms with E-state index in [-0.39, 0.29) is 5.69 Å². The minimum absolute atomic E-state index is 0.0896. The maximum absolute atomic E-state index is 13.9. The summed E-state index contributed by atoms with van der Waals surface area (Å²) in [6.07, 6.45) is -2.33. The second kappa shape index (κ2) is 6.10. The maximum atomic E-state index is 13.9. The van der Waals surface area contributed by atoms with Crippen molar-refractivity contribution in [3.63, 3.8) is 0 Å². The number of amides is 1. The Balaban J connectivity index is 2.35. The van der Waals surface area contributed by atoms with Crippen LogP contribution in [0.25, 0.3) is 0 Å². The molecule has 0 aliphatic carbocycles. The minimum atomic E-state index is -4.90. The largest absolute Gasteiger partial charge is 0.419 e. The molecule has 1 aromatic carbocycles. The summed E-state index contributed by atoms with van der Waals surface area (Å²) >= 11 is 0. The molecule has 0 saturated carbocycles. The van der Waals surface area contributed by atoms with Crippen LogP contribution >= 0.6 is 0 Å². The van der Waals surface area contributed by atoms with Crippen molar-refractivity contribution in [3.8, 4) is 0 Å². The van der Waals surface area contributed by atoms with Crippen molar-refractivity contribution >= 4 is 11.6 Å². The van der Waals surface area contributed by atoms with Gasteiger partial charge in [0.05, 0.1) is 29.6 Å². The second-order valence-electron chi connectivity index (χ2n) is 4.31. The highest BCUT2D eigenvalue weighted by Gasteiger charge is 2.35. The van der Waals surface area contributed by atoms with Gasteiger partial charge in [-0.15, -0.1) is 0 Å². The molecule has 0 saturated heterocycles. The number of carbonyl (C=O) groups excluding carboxylic acids is 1. The zero-order chi connectivity index (χ0) is 16.3. The van der Waals surface area contributed by atoms with Crippen molar-refractivity contribution < 1.29 is 27.5 Å². The van der Waals surface area contributed by atoms with Gasteiger partial charge in [-0.3, -0.25) is 9.78 Å². The summed E-state index contributed by atoms with van der Waals surface area (Å²) < 4.78 is 51.7. The van der Waals surface area contributed by atoms with Crippen LogP contribution in [0.4, 0.5) is 23.2 Å². The van der Waals surface area contributed by atoms with Gasteiger partial charge in [-0.2, -0.15) is 13.2 Å². The average Bonchev–Trinajstić information content (AvgIpc) is 2.46. The Morgan fingerprint density at radius 1 is 1.27 bits per heavy atom. The number of aliphatic hydroxyl groups excluding tert-OH is 1. The van der Waals surface area contributed by atoms with Crippen molar-refractivity contribution in [2.45, 2.75) is 12.8 Å². The third kappa shape index (κ3) is 3.22. The molecule has 0 spiro atoms. The van der Waals surface area contributed by atoms with Crippen LogP contribution in [0.2, 0.25) is 0 Å². The van der Waals surface area contributed by atoms with Gasteiger partial charge in [-0.05, 0) is 18.2 Å². The molecule has 0 aliphatic rings. The molecule has 22 heavy (non-hydrogen) atoms. The SMILES string of the molecule is O=C(Nc1cnccc1CO)c1cccc(C(F)(F)F)c1F. The summed E-state index contributed by atoms with van der Waals surface area (Å²) in [5, 5.41) is 11.3. The average molecular weight is 314 g/mol. The first-order valence-corrected chi connectivity index (χ1v) is 6.05. The molecule has 0 aliphatic heterocycles. The first-order chi connectivity index (χ1) is 10.3. The summed E-state index contributed by atoms with van der Waals surface area (Å²) in [4.78, 5) is 15.7. The van der Waals surface area contributed by atoms with Crippen LogP contribution in [0.5, 0.6) is 0 Å². The number of rotatable bonds is 3. The van der Waals surface area contributed by atoms with Crippen molar-refractivity contribution in [1.29, 1.82) is 0 Å². The van der Waals surface area contributed by atoms with E-state index in [4.69, 9.17) is 5.11 Å². The van der Waals surface area contributed by atoms with Gasteiger partial charge < -0.3 is 10.4 Å². The predicted molar refractivity (Wildman–Crippen MR) is 69.5 cm³/mol. The van der Waals surface area contributed by atoms with Crippen LogP contribution in [0.15, 0.2) is 36.7 Å². The lowest BCUT2D eigenvalue weighted by atomic mass is 10.1. The Bertz CT molecular complexity index is 701. The van der Waals surface area contributed by atoms with Crippen molar-refractivity contribution in [3.05, 3.63) is 59.2 Å². The fraction of sp³-hybridized carbons (Fsp3) is 0.143. The number of aromatic nitrogens is 1. The predicted octanol–water partition coefficient (Wildman–Crippen LogP) is 2.98. The number of alkyl halides is 3. The lowest BCUT2D eigenvalue weighted by molar-refractivity contribution is -0.140. The summed E-state index contributed by atoms with van der Waals surface area (Å²) in [5.74, 6) is -2.71. The van der Waals surface area contributed by atoms with Crippen molar-refractivity contribution in [1.82, 2.24) is 4.98 Å². The van der Waals surface area contributed by atoms with E-state index >= 15 is 0 Å². The summed E-state index contributed by atoms with van der Waals surface area (Å²) in [7, 11) is 0. The molecular weight excluding hydrogens is 304 g/mol. The van der Waals surface area contributed by atoms with Gasteiger partial charge in [0.1, 0.15) is 5.82 Å². The molecule has 0 atom stereocenters. The Hall–Kier alpha value is -2.48. The summed E-state index contributed by atoms with van der Waals surface area (Å²) in [6, 6.07) is 3.85. The molecule has 0 fully saturated rings. The number of nitrogens with one attached hydrogen (secondary N) is 1. The van der Waals surface area contributed by atoms with Crippen LogP contribution in [0, 0.1) is 5.82 Å². The normalized spacial score (nSPS) is 11.3. The zero-order valence-corrected chi connectivity index (χ0v) is 11.0. The number of carbonyl (C=O) groups is 1. The number of hydrogen-bond acceptors (Lipinski definition) is 3. The van der Waals surface area contributed by atoms with E-state index in [1.54, 1.807) is 0 Å². The molecule has 1 heterocycles. The molecule has 1 amide bonds. The molecule has 116 valence electrons. The molecule has 1 aromatic heterocycles. The fourth-order valence-corrected chi connectivity index (χ4v) is 1.79. The number of nitrogens with zero attached hydrogens (tertiary/aromatic N) is 1. The van der Waals surface area contributed by atoms with Gasteiger partial charge in [-0.25, -0.2) is 4.39 Å². The standard InChI is InChI=1S/C14H10F4N2O2/c15-12-9(2-1-3-10(12)14(16,17)18)13(22)20-11-6-19-5-4-8(11)7-21/h1-6,21H,7H2,(H,20,22). The molecule has 4 nitrogen and oxygen atoms in total. The highest BCUT2D eigenvalue weighted by molar-refractivity contribution is 6.04. The van der Waals surface area contributed by atoms with Gasteiger partial charge in [-0.1, -0.05) is 6.07 Å². The Labute approximate surface area is 122 Å². The van der Waals surface area contributed by atoms with Crippen LogP contribution in [0.1, 0.15) is 21.5 Å². The molecule has 8 heteroatoms. The molecule has 2 rings (SSSR count). The van der Waals surface area contributed by atoms with E-state index in [1.807, 2.05) is 0 Å². The van der Waals surface area contributed by atoms with Gasteiger partial charge in [0, 0.05) is 11.8 Å². The highest BCUT2D eigenvalue weighted by Crippen LogP contribution is 2.32. The third-order valence-electron chi connectivity index (χ3n) is 2.88. The van der Waals surface area contributed by atoms with E-state index in [0.717, 1.165) is 12.1 Å². The van der Waals surface area contributed by atoms with E-state index in [1.165, 1.54) is 18.5 Å². The topological polar surface area (TPSA) is 62.2 Å². The summed E-state index contributed by atoms with van der Waals surface area (Å²) in [5.41, 5.74) is -1.88. The Morgan fingerprint density at radius 3 is 2.64 bits per heavy atom. The molecule has 2 N–H and O–H groups in total. The molecule has 2 aromatic rings. The van der Waals surface area contributed by atoms with Gasteiger partial charge >= 0.3 is 6.18 Å².